The summed E-state index contributed by atoms with van der Waals surface area (Å²) in [6, 6.07) is 2.69. The first-order valence-corrected chi connectivity index (χ1v) is 16.8. The van der Waals surface area contributed by atoms with Gasteiger partial charge >= 0.3 is 11.9 Å². The van der Waals surface area contributed by atoms with Gasteiger partial charge in [0.25, 0.3) is 0 Å². The summed E-state index contributed by atoms with van der Waals surface area (Å²) < 4.78 is 14.2. The Labute approximate surface area is 296 Å². The molecule has 2 fully saturated rings. The Kier molecular flexibility index (Phi) is 10.9. The van der Waals surface area contributed by atoms with Crippen LogP contribution in [0.2, 0.25) is 4.34 Å². The van der Waals surface area contributed by atoms with Gasteiger partial charge in [-0.2, -0.15) is 0 Å². The highest BCUT2D eigenvalue weighted by molar-refractivity contribution is 7.16. The monoisotopic (exact) mass is 728 g/mol. The average molecular weight is 729 g/mol. The van der Waals surface area contributed by atoms with Crippen molar-refractivity contribution >= 4 is 69.6 Å². The molecule has 2 aliphatic rings. The molecule has 2 aliphatic carbocycles. The second-order valence-corrected chi connectivity index (χ2v) is 13.5. The Balaban J connectivity index is 1.60. The van der Waals surface area contributed by atoms with Crippen molar-refractivity contribution in [1.82, 2.24) is 34.6 Å². The van der Waals surface area contributed by atoms with E-state index in [0.717, 1.165) is 9.80 Å². The number of anilines is 1. The van der Waals surface area contributed by atoms with Gasteiger partial charge in [-0.05, 0) is 37.3 Å². The summed E-state index contributed by atoms with van der Waals surface area (Å²) in [6.45, 7) is 0.814. The smallest absolute Gasteiger partial charge is 0.326 e. The summed E-state index contributed by atoms with van der Waals surface area (Å²) >= 11 is 7.37. The number of carbonyl (C=O) groups excluding carboxylic acids is 5. The van der Waals surface area contributed by atoms with Gasteiger partial charge in [0, 0.05) is 33.6 Å². The van der Waals surface area contributed by atoms with Gasteiger partial charge < -0.3 is 45.9 Å². The summed E-state index contributed by atoms with van der Waals surface area (Å²) in [7, 11) is 4.23. The molecule has 6 N–H and O–H groups in total. The molecule has 3 amide bonds. The Bertz CT molecular complexity index is 1890. The van der Waals surface area contributed by atoms with Crippen molar-refractivity contribution in [3.8, 4) is 11.8 Å². The van der Waals surface area contributed by atoms with Gasteiger partial charge in [-0.25, -0.2) is 15.0 Å². The number of halogens is 1. The number of nitrogens with one attached hydrogen (secondary N) is 2. The minimum absolute atomic E-state index is 0.164. The van der Waals surface area contributed by atoms with E-state index >= 15 is 0 Å². The fourth-order valence-corrected chi connectivity index (χ4v) is 7.16. The lowest BCUT2D eigenvalue weighted by molar-refractivity contribution is -0.176. The number of imidazole rings is 1. The Morgan fingerprint density at radius 1 is 1.06 bits per heavy atom. The number of aromatic nitrogens is 4. The third-order valence-electron chi connectivity index (χ3n) is 8.68. The van der Waals surface area contributed by atoms with Crippen molar-refractivity contribution in [2.45, 2.75) is 31.6 Å². The van der Waals surface area contributed by atoms with E-state index in [1.165, 1.54) is 38.8 Å². The fourth-order valence-electron chi connectivity index (χ4n) is 6.26. The molecule has 2 saturated carbocycles. The van der Waals surface area contributed by atoms with Gasteiger partial charge in [-0.1, -0.05) is 11.6 Å². The molecule has 0 saturated heterocycles. The number of esters is 2. The maximum atomic E-state index is 13.6. The molecule has 266 valence electrons. The Morgan fingerprint density at radius 2 is 1.72 bits per heavy atom. The number of rotatable bonds is 12. The van der Waals surface area contributed by atoms with Crippen molar-refractivity contribution in [1.29, 1.82) is 0 Å². The summed E-state index contributed by atoms with van der Waals surface area (Å²) in [5.41, 5.74) is 10.3. The van der Waals surface area contributed by atoms with E-state index in [4.69, 9.17) is 37.5 Å². The molecule has 19 heteroatoms. The topological polar surface area (TPSA) is 230 Å². The summed E-state index contributed by atoms with van der Waals surface area (Å²) in [4.78, 5) is 81.3. The number of hydrogen-bond acceptors (Lipinski definition) is 14. The van der Waals surface area contributed by atoms with Crippen LogP contribution in [0.15, 0.2) is 18.5 Å². The van der Waals surface area contributed by atoms with Crippen LogP contribution in [0.4, 0.5) is 5.82 Å². The van der Waals surface area contributed by atoms with Gasteiger partial charge in [0.1, 0.15) is 13.1 Å². The van der Waals surface area contributed by atoms with E-state index in [9.17, 15) is 24.0 Å². The van der Waals surface area contributed by atoms with Crippen molar-refractivity contribution in [3.63, 3.8) is 0 Å². The first-order valence-electron chi connectivity index (χ1n) is 15.6. The zero-order chi connectivity index (χ0) is 36.3. The van der Waals surface area contributed by atoms with Crippen LogP contribution >= 0.6 is 22.9 Å². The van der Waals surface area contributed by atoms with E-state index in [1.54, 1.807) is 16.7 Å². The second-order valence-electron chi connectivity index (χ2n) is 11.8. The number of likely N-dealkylation sites (N-methyl/N-ethyl adjacent to an activating group) is 2. The standard InChI is InChI=1S/C31H37ClN10O7S/c1-5-36-28-24-29(39-19(38-28)9-7-16-6-8-18(32)50-16)42(15-37-24)25-17-10-31(17,30(47)35-2)27(49-23(46)14-41(4)21(44)12-34)26(25)48-22(45)13-40(3)20(43)11-33/h6,8,15,17,25-27H,5,10-14,33-34H2,1-4H3,(H,35,47)(H,36,38,39)/t17-,25-,26+,27+,31?/m1/s1. The maximum Gasteiger partial charge on any atom is 0.326 e. The van der Waals surface area contributed by atoms with Crippen LogP contribution in [-0.2, 0) is 33.4 Å². The first kappa shape index (κ1) is 36.5. The highest BCUT2D eigenvalue weighted by Gasteiger charge is 2.78. The number of hydrogen-bond donors (Lipinski definition) is 4. The maximum absolute atomic E-state index is 13.6. The fraction of sp³-hybridized carbons (Fsp3) is 0.484. The Morgan fingerprint density at radius 3 is 2.30 bits per heavy atom. The first-order chi connectivity index (χ1) is 23.9. The molecule has 3 aromatic heterocycles. The van der Waals surface area contributed by atoms with Gasteiger partial charge in [0.05, 0.1) is 40.1 Å². The minimum Gasteiger partial charge on any atom is -0.456 e. The van der Waals surface area contributed by atoms with Crippen LogP contribution in [0, 0.1) is 23.2 Å². The molecule has 5 atom stereocenters. The van der Waals surface area contributed by atoms with Gasteiger partial charge in [-0.3, -0.25) is 24.0 Å². The quantitative estimate of drug-likeness (QED) is 0.134. The van der Waals surface area contributed by atoms with Crippen LogP contribution in [-0.4, -0.2) is 125 Å². The molecule has 1 unspecified atom stereocenters. The van der Waals surface area contributed by atoms with E-state index in [2.05, 4.69) is 32.4 Å². The number of amides is 3. The van der Waals surface area contributed by atoms with Crippen LogP contribution in [0.5, 0.6) is 0 Å². The molecule has 3 aromatic rings. The highest BCUT2D eigenvalue weighted by Crippen LogP contribution is 2.69. The molecule has 0 aromatic carbocycles. The van der Waals surface area contributed by atoms with E-state index < -0.39 is 72.3 Å². The molecular weight excluding hydrogens is 692 g/mol. The molecule has 50 heavy (non-hydrogen) atoms. The summed E-state index contributed by atoms with van der Waals surface area (Å²) in [6.07, 6.45) is -0.779. The van der Waals surface area contributed by atoms with Crippen LogP contribution in [0.25, 0.3) is 11.2 Å². The van der Waals surface area contributed by atoms with Gasteiger partial charge in [0.15, 0.2) is 29.2 Å². The SMILES string of the molecule is CCNc1nc(C#Cc2ccc(Cl)s2)nc2c1ncn2[C@H]1[C@H](OC(=O)CN(C)C(=O)CN)[C@H](OC(=O)CN(C)C(=O)CN)C2(C(=O)NC)C[C@H]12. The number of nitrogens with zero attached hydrogens (tertiary/aromatic N) is 6. The minimum atomic E-state index is -1.30. The lowest BCUT2D eigenvalue weighted by Gasteiger charge is -2.31. The predicted octanol–water partition coefficient (Wildman–Crippen LogP) is -0.662. The average Bonchev–Trinajstić information content (AvgIpc) is 3.31. The van der Waals surface area contributed by atoms with E-state index in [0.29, 0.717) is 32.7 Å². The number of nitrogens with two attached hydrogens (primary N) is 2. The van der Waals surface area contributed by atoms with Crippen LogP contribution < -0.4 is 22.1 Å². The van der Waals surface area contributed by atoms with Gasteiger partial charge in [0.2, 0.25) is 23.5 Å². The molecule has 0 bridgehead atoms. The third-order valence-corrected chi connectivity index (χ3v) is 9.83. The zero-order valence-corrected chi connectivity index (χ0v) is 29.3. The molecule has 5 rings (SSSR count). The summed E-state index contributed by atoms with van der Waals surface area (Å²) in [5, 5.41) is 5.84. The van der Waals surface area contributed by atoms with E-state index in [1.807, 2.05) is 6.92 Å². The van der Waals surface area contributed by atoms with Crippen LogP contribution in [0.3, 0.4) is 0 Å². The number of fused-ring (bicyclic) bond motifs is 2. The van der Waals surface area contributed by atoms with Crippen molar-refractivity contribution in [2.24, 2.45) is 22.8 Å². The summed E-state index contributed by atoms with van der Waals surface area (Å²) in [5.74, 6) is 2.92. The lowest BCUT2D eigenvalue weighted by Crippen LogP contribution is -2.48. The normalized spacial score (nSPS) is 21.7. The van der Waals surface area contributed by atoms with Crippen molar-refractivity contribution in [3.05, 3.63) is 33.5 Å². The lowest BCUT2D eigenvalue weighted by atomic mass is 9.97. The van der Waals surface area contributed by atoms with Crippen molar-refractivity contribution in [2.75, 3.05) is 59.2 Å². The molecule has 0 spiro atoms. The van der Waals surface area contributed by atoms with Gasteiger partial charge in [-0.15, -0.1) is 11.3 Å². The molecule has 0 aliphatic heterocycles. The predicted molar refractivity (Wildman–Crippen MR) is 182 cm³/mol. The Hall–Kier alpha value is -4.83. The third kappa shape index (κ3) is 7.07. The van der Waals surface area contributed by atoms with Crippen LogP contribution in [0.1, 0.15) is 30.1 Å². The van der Waals surface area contributed by atoms with Crippen molar-refractivity contribution < 1.29 is 33.4 Å². The molecule has 17 nitrogen and oxygen atoms in total. The second kappa shape index (κ2) is 15.0. The van der Waals surface area contributed by atoms with E-state index in [-0.39, 0.29) is 25.3 Å². The zero-order valence-electron chi connectivity index (χ0n) is 27.8. The molecule has 3 heterocycles. The number of ether oxygens (including phenoxy) is 2. The highest BCUT2D eigenvalue weighted by atomic mass is 35.5. The molecule has 0 radical (unpaired) electrons. The number of thiophene rings is 1. The molecular formula is C31H37ClN10O7S. The largest absolute Gasteiger partial charge is 0.456 e. The number of carbonyl (C=O) groups is 5.